The molecular weight excluding hydrogens is 190 g/mol. The number of nitrogens with one attached hydrogen (secondary N) is 1. The van der Waals surface area contributed by atoms with Crippen LogP contribution in [0.5, 0.6) is 0 Å². The molecule has 1 rings (SSSR count). The average Bonchev–Trinajstić information content (AvgIpc) is 2.61. The summed E-state index contributed by atoms with van der Waals surface area (Å²) in [5.41, 5.74) is 0. The Morgan fingerprint density at radius 1 is 1.47 bits per heavy atom. The summed E-state index contributed by atoms with van der Waals surface area (Å²) >= 11 is 0. The van der Waals surface area contributed by atoms with Gasteiger partial charge in [0.15, 0.2) is 5.82 Å². The predicted molar refractivity (Wildman–Crippen MR) is 59.7 cm³/mol. The van der Waals surface area contributed by atoms with Gasteiger partial charge in [-0.25, -0.2) is 0 Å². The Labute approximate surface area is 91.5 Å². The lowest BCUT2D eigenvalue weighted by Crippen LogP contribution is -2.28. The minimum absolute atomic E-state index is 0.578. The third kappa shape index (κ3) is 4.93. The molecule has 0 aliphatic carbocycles. The molecule has 0 bridgehead atoms. The van der Waals surface area contributed by atoms with Crippen molar-refractivity contribution in [2.45, 2.75) is 52.5 Å². The minimum Gasteiger partial charge on any atom is -0.339 e. The molecule has 1 aromatic heterocycles. The molecule has 0 saturated carbocycles. The van der Waals surface area contributed by atoms with Gasteiger partial charge in [0.1, 0.15) is 0 Å². The van der Waals surface area contributed by atoms with E-state index in [1.165, 1.54) is 19.3 Å². The van der Waals surface area contributed by atoms with Crippen molar-refractivity contribution in [3.63, 3.8) is 0 Å². The molecule has 0 aromatic carbocycles. The Kier molecular flexibility index (Phi) is 5.32. The van der Waals surface area contributed by atoms with Crippen molar-refractivity contribution in [2.75, 3.05) is 6.54 Å². The highest BCUT2D eigenvalue weighted by molar-refractivity contribution is 4.83. The maximum atomic E-state index is 5.03. The molecule has 1 aromatic rings. The van der Waals surface area contributed by atoms with Gasteiger partial charge in [0.05, 0.1) is 0 Å². The summed E-state index contributed by atoms with van der Waals surface area (Å²) in [6.45, 7) is 7.18. The summed E-state index contributed by atoms with van der Waals surface area (Å²) in [7, 11) is 0. The standard InChI is InChI=1S/C11H21N3O/c1-4-5-6-9(2)12-8-7-11-13-10(3)14-15-11/h9,12H,4-8H2,1-3H3. The van der Waals surface area contributed by atoms with Gasteiger partial charge in [-0.2, -0.15) is 4.98 Å². The van der Waals surface area contributed by atoms with Crippen molar-refractivity contribution in [1.29, 1.82) is 0 Å². The highest BCUT2D eigenvalue weighted by Gasteiger charge is 2.04. The van der Waals surface area contributed by atoms with Gasteiger partial charge in [0.2, 0.25) is 5.89 Å². The second-order valence-electron chi connectivity index (χ2n) is 3.98. The van der Waals surface area contributed by atoms with Crippen LogP contribution >= 0.6 is 0 Å². The molecule has 0 fully saturated rings. The van der Waals surface area contributed by atoms with Crippen molar-refractivity contribution in [3.05, 3.63) is 11.7 Å². The first-order chi connectivity index (χ1) is 7.22. The molecule has 1 unspecified atom stereocenters. The number of hydrogen-bond acceptors (Lipinski definition) is 4. The van der Waals surface area contributed by atoms with E-state index in [1.54, 1.807) is 0 Å². The first-order valence-corrected chi connectivity index (χ1v) is 5.75. The van der Waals surface area contributed by atoms with Gasteiger partial charge in [-0.1, -0.05) is 24.9 Å². The lowest BCUT2D eigenvalue weighted by Gasteiger charge is -2.11. The van der Waals surface area contributed by atoms with Crippen LogP contribution in [-0.4, -0.2) is 22.7 Å². The monoisotopic (exact) mass is 211 g/mol. The highest BCUT2D eigenvalue weighted by atomic mass is 16.5. The first-order valence-electron chi connectivity index (χ1n) is 5.75. The summed E-state index contributed by atoms with van der Waals surface area (Å²) in [6, 6.07) is 0.578. The Morgan fingerprint density at radius 2 is 2.27 bits per heavy atom. The van der Waals surface area contributed by atoms with E-state index in [2.05, 4.69) is 29.3 Å². The molecule has 1 N–H and O–H groups in total. The van der Waals surface area contributed by atoms with Crippen molar-refractivity contribution < 1.29 is 4.52 Å². The lowest BCUT2D eigenvalue weighted by atomic mass is 10.1. The third-order valence-electron chi connectivity index (χ3n) is 2.39. The van der Waals surface area contributed by atoms with Crippen molar-refractivity contribution in [2.24, 2.45) is 0 Å². The van der Waals surface area contributed by atoms with E-state index >= 15 is 0 Å². The number of rotatable bonds is 7. The fraction of sp³-hybridized carbons (Fsp3) is 0.818. The first kappa shape index (κ1) is 12.2. The largest absolute Gasteiger partial charge is 0.339 e. The Balaban J connectivity index is 2.10. The van der Waals surface area contributed by atoms with Crippen LogP contribution in [-0.2, 0) is 6.42 Å². The number of hydrogen-bond donors (Lipinski definition) is 1. The van der Waals surface area contributed by atoms with Gasteiger partial charge in [-0.05, 0) is 20.3 Å². The van der Waals surface area contributed by atoms with Crippen LogP contribution in [0.25, 0.3) is 0 Å². The van der Waals surface area contributed by atoms with E-state index < -0.39 is 0 Å². The maximum Gasteiger partial charge on any atom is 0.227 e. The molecule has 0 amide bonds. The second kappa shape index (κ2) is 6.56. The van der Waals surface area contributed by atoms with E-state index in [4.69, 9.17) is 4.52 Å². The van der Waals surface area contributed by atoms with E-state index in [-0.39, 0.29) is 0 Å². The molecule has 4 nitrogen and oxygen atoms in total. The van der Waals surface area contributed by atoms with Gasteiger partial charge in [0, 0.05) is 19.0 Å². The van der Waals surface area contributed by atoms with Gasteiger partial charge in [0.25, 0.3) is 0 Å². The molecule has 0 radical (unpaired) electrons. The van der Waals surface area contributed by atoms with Crippen LogP contribution in [0.15, 0.2) is 4.52 Å². The predicted octanol–water partition coefficient (Wildman–Crippen LogP) is 2.09. The SMILES string of the molecule is CCCCC(C)NCCc1nc(C)no1. The highest BCUT2D eigenvalue weighted by Crippen LogP contribution is 2.00. The Morgan fingerprint density at radius 3 is 2.87 bits per heavy atom. The lowest BCUT2D eigenvalue weighted by molar-refractivity contribution is 0.368. The normalized spacial score (nSPS) is 13.0. The molecule has 15 heavy (non-hydrogen) atoms. The Bertz CT molecular complexity index is 273. The minimum atomic E-state index is 0.578. The number of aryl methyl sites for hydroxylation is 1. The molecule has 0 aliphatic rings. The molecule has 4 heteroatoms. The molecule has 0 saturated heterocycles. The molecule has 1 atom stereocenters. The van der Waals surface area contributed by atoms with Crippen LogP contribution in [0.2, 0.25) is 0 Å². The van der Waals surface area contributed by atoms with Crippen molar-refractivity contribution >= 4 is 0 Å². The summed E-state index contributed by atoms with van der Waals surface area (Å²) in [5, 5.41) is 7.20. The van der Waals surface area contributed by atoms with E-state index in [0.29, 0.717) is 11.9 Å². The van der Waals surface area contributed by atoms with Crippen LogP contribution < -0.4 is 5.32 Å². The smallest absolute Gasteiger partial charge is 0.227 e. The summed E-state index contributed by atoms with van der Waals surface area (Å²) < 4.78 is 5.03. The second-order valence-corrected chi connectivity index (χ2v) is 3.98. The summed E-state index contributed by atoms with van der Waals surface area (Å²) in [5.74, 6) is 1.44. The zero-order chi connectivity index (χ0) is 11.1. The number of nitrogens with zero attached hydrogens (tertiary/aromatic N) is 2. The number of aromatic nitrogens is 2. The molecule has 1 heterocycles. The topological polar surface area (TPSA) is 51.0 Å². The van der Waals surface area contributed by atoms with E-state index in [0.717, 1.165) is 18.9 Å². The van der Waals surface area contributed by atoms with Gasteiger partial charge >= 0.3 is 0 Å². The third-order valence-corrected chi connectivity index (χ3v) is 2.39. The number of unbranched alkanes of at least 4 members (excludes halogenated alkanes) is 1. The summed E-state index contributed by atoms with van der Waals surface area (Å²) in [4.78, 5) is 4.15. The fourth-order valence-electron chi connectivity index (χ4n) is 1.48. The van der Waals surface area contributed by atoms with Gasteiger partial charge < -0.3 is 9.84 Å². The zero-order valence-corrected chi connectivity index (χ0v) is 9.92. The van der Waals surface area contributed by atoms with Crippen LogP contribution in [0.3, 0.4) is 0 Å². The Hall–Kier alpha value is -0.900. The molecule has 0 aliphatic heterocycles. The molecular formula is C11H21N3O. The zero-order valence-electron chi connectivity index (χ0n) is 9.92. The van der Waals surface area contributed by atoms with Gasteiger partial charge in [-0.15, -0.1) is 0 Å². The quantitative estimate of drug-likeness (QED) is 0.750. The summed E-state index contributed by atoms with van der Waals surface area (Å²) in [6.07, 6.45) is 4.60. The van der Waals surface area contributed by atoms with Crippen LogP contribution in [0.1, 0.15) is 44.8 Å². The van der Waals surface area contributed by atoms with Crippen molar-refractivity contribution in [1.82, 2.24) is 15.5 Å². The average molecular weight is 211 g/mol. The van der Waals surface area contributed by atoms with Crippen LogP contribution in [0, 0.1) is 6.92 Å². The van der Waals surface area contributed by atoms with E-state index in [9.17, 15) is 0 Å². The van der Waals surface area contributed by atoms with Gasteiger partial charge in [-0.3, -0.25) is 0 Å². The van der Waals surface area contributed by atoms with E-state index in [1.807, 2.05) is 6.92 Å². The fourth-order valence-corrected chi connectivity index (χ4v) is 1.48. The molecule has 0 spiro atoms. The van der Waals surface area contributed by atoms with Crippen LogP contribution in [0.4, 0.5) is 0 Å². The van der Waals surface area contributed by atoms with Crippen molar-refractivity contribution in [3.8, 4) is 0 Å². The maximum absolute atomic E-state index is 5.03. The molecule has 86 valence electrons.